The van der Waals surface area contributed by atoms with Crippen LogP contribution in [0.15, 0.2) is 6.20 Å². The number of aliphatic carboxylic acids is 1. The lowest BCUT2D eigenvalue weighted by Gasteiger charge is -2.21. The number of hydrogen-bond acceptors (Lipinski definition) is 5. The van der Waals surface area contributed by atoms with Gasteiger partial charge in [-0.3, -0.25) is 14.3 Å². The van der Waals surface area contributed by atoms with Gasteiger partial charge in [-0.05, 0) is 5.92 Å². The van der Waals surface area contributed by atoms with Crippen LogP contribution in [0.4, 0.5) is 4.79 Å². The highest BCUT2D eigenvalue weighted by molar-refractivity contribution is 5.85. The zero-order chi connectivity index (χ0) is 18.1. The molecule has 0 aliphatic carbocycles. The van der Waals surface area contributed by atoms with Crippen LogP contribution in [0, 0.1) is 5.92 Å². The third-order valence-electron chi connectivity index (χ3n) is 4.86. The topological polar surface area (TPSA) is 112 Å². The molecular formula is C15H22N6O4. The Morgan fingerprint density at radius 2 is 2.04 bits per heavy atom. The van der Waals surface area contributed by atoms with E-state index in [-0.39, 0.29) is 36.7 Å². The first kappa shape index (κ1) is 17.2. The van der Waals surface area contributed by atoms with E-state index in [9.17, 15) is 14.4 Å². The van der Waals surface area contributed by atoms with Gasteiger partial charge in [-0.25, -0.2) is 4.79 Å². The lowest BCUT2D eigenvalue weighted by atomic mass is 9.91. The highest BCUT2D eigenvalue weighted by Crippen LogP contribution is 2.33. The number of carboxylic acid groups (broad SMARTS) is 1. The Kier molecular flexibility index (Phi) is 4.60. The molecule has 3 rings (SSSR count). The Hall–Kier alpha value is -2.65. The summed E-state index contributed by atoms with van der Waals surface area (Å²) in [6.45, 7) is 1.91. The molecule has 1 aromatic heterocycles. The Morgan fingerprint density at radius 3 is 2.60 bits per heavy atom. The second-order valence-electron chi connectivity index (χ2n) is 6.71. The van der Waals surface area contributed by atoms with Crippen LogP contribution < -0.4 is 0 Å². The van der Waals surface area contributed by atoms with E-state index in [4.69, 9.17) is 5.11 Å². The van der Waals surface area contributed by atoms with Crippen LogP contribution in [0.3, 0.4) is 0 Å². The number of carboxylic acids is 1. The zero-order valence-corrected chi connectivity index (χ0v) is 14.3. The van der Waals surface area contributed by atoms with Gasteiger partial charge in [0.2, 0.25) is 5.91 Å². The summed E-state index contributed by atoms with van der Waals surface area (Å²) in [7, 11) is 3.45. The Morgan fingerprint density at radius 1 is 1.28 bits per heavy atom. The predicted molar refractivity (Wildman–Crippen MR) is 85.7 cm³/mol. The van der Waals surface area contributed by atoms with Crippen LogP contribution in [0.2, 0.25) is 0 Å². The lowest BCUT2D eigenvalue weighted by Crippen LogP contribution is -2.41. The van der Waals surface area contributed by atoms with Crippen LogP contribution in [0.25, 0.3) is 0 Å². The number of likely N-dealkylation sites (tertiary alicyclic amines) is 1. The van der Waals surface area contributed by atoms with Crippen molar-refractivity contribution < 1.29 is 19.5 Å². The van der Waals surface area contributed by atoms with Crippen molar-refractivity contribution in [3.05, 3.63) is 11.9 Å². The quantitative estimate of drug-likeness (QED) is 0.744. The molecule has 2 aliphatic heterocycles. The summed E-state index contributed by atoms with van der Waals surface area (Å²) in [5.74, 6) is -1.43. The minimum atomic E-state index is -0.899. The number of aryl methyl sites for hydroxylation is 1. The monoisotopic (exact) mass is 350 g/mol. The summed E-state index contributed by atoms with van der Waals surface area (Å²) in [4.78, 5) is 40.4. The lowest BCUT2D eigenvalue weighted by molar-refractivity contribution is -0.138. The summed E-state index contributed by atoms with van der Waals surface area (Å²) < 4.78 is 1.57. The van der Waals surface area contributed by atoms with Crippen molar-refractivity contribution in [3.8, 4) is 0 Å². The summed E-state index contributed by atoms with van der Waals surface area (Å²) in [5.41, 5.74) is 0.695. The van der Waals surface area contributed by atoms with Crippen molar-refractivity contribution in [1.29, 1.82) is 0 Å². The van der Waals surface area contributed by atoms with Crippen molar-refractivity contribution in [2.45, 2.75) is 12.3 Å². The normalized spacial score (nSPS) is 23.6. The molecule has 3 amide bonds. The van der Waals surface area contributed by atoms with Gasteiger partial charge < -0.3 is 19.8 Å². The predicted octanol–water partition coefficient (Wildman–Crippen LogP) is -0.801. The van der Waals surface area contributed by atoms with Crippen LogP contribution in [-0.4, -0.2) is 92.5 Å². The molecule has 0 saturated carbocycles. The van der Waals surface area contributed by atoms with Crippen LogP contribution in [-0.2, 0) is 16.6 Å². The molecule has 0 bridgehead atoms. The molecule has 0 unspecified atom stereocenters. The Balaban J connectivity index is 1.69. The van der Waals surface area contributed by atoms with Crippen LogP contribution >= 0.6 is 0 Å². The average molecular weight is 350 g/mol. The van der Waals surface area contributed by atoms with Crippen LogP contribution in [0.1, 0.15) is 18.0 Å². The molecule has 3 heterocycles. The molecule has 1 N–H and O–H groups in total. The van der Waals surface area contributed by atoms with E-state index >= 15 is 0 Å². The molecule has 2 atom stereocenters. The summed E-state index contributed by atoms with van der Waals surface area (Å²) in [6.07, 6.45) is 1.73. The Bertz CT molecular complexity index is 689. The number of likely N-dealkylation sites (N-methyl/N-ethyl adjacent to an activating group) is 1. The fourth-order valence-corrected chi connectivity index (χ4v) is 3.49. The summed E-state index contributed by atoms with van der Waals surface area (Å²) >= 11 is 0. The second-order valence-corrected chi connectivity index (χ2v) is 6.71. The van der Waals surface area contributed by atoms with Gasteiger partial charge in [-0.2, -0.15) is 0 Å². The largest absolute Gasteiger partial charge is 0.481 e. The van der Waals surface area contributed by atoms with Gasteiger partial charge >= 0.3 is 12.0 Å². The van der Waals surface area contributed by atoms with Gasteiger partial charge in [0.15, 0.2) is 0 Å². The molecule has 136 valence electrons. The molecule has 2 fully saturated rings. The van der Waals surface area contributed by atoms with Crippen molar-refractivity contribution >= 4 is 17.9 Å². The molecule has 1 aromatic rings. The van der Waals surface area contributed by atoms with Gasteiger partial charge in [-0.1, -0.05) is 5.21 Å². The minimum absolute atomic E-state index is 0.0240. The van der Waals surface area contributed by atoms with Gasteiger partial charge in [-0.15, -0.1) is 5.10 Å². The first-order valence-electron chi connectivity index (χ1n) is 8.21. The standard InChI is InChI=1S/C15H22N6O4/c1-18-3-4-20(15(18)25)9-13(22)21-6-10(5-14(23)24)11(7-21)12-8-19(2)17-16-12/h8,10-11H,3-7,9H2,1-2H3,(H,23,24)/t10-,11+/m0/s1. The molecule has 0 aromatic carbocycles. The molecule has 0 radical (unpaired) electrons. The van der Waals surface area contributed by atoms with E-state index in [1.807, 2.05) is 0 Å². The number of amides is 3. The van der Waals surface area contributed by atoms with Crippen molar-refractivity contribution in [3.63, 3.8) is 0 Å². The third kappa shape index (κ3) is 3.57. The van der Waals surface area contributed by atoms with Gasteiger partial charge in [0, 0.05) is 52.4 Å². The number of carbonyl (C=O) groups is 3. The minimum Gasteiger partial charge on any atom is -0.481 e. The molecule has 2 saturated heterocycles. The second kappa shape index (κ2) is 6.69. The maximum absolute atomic E-state index is 12.6. The molecule has 10 heteroatoms. The number of nitrogens with zero attached hydrogens (tertiary/aromatic N) is 6. The van der Waals surface area contributed by atoms with E-state index in [0.29, 0.717) is 31.9 Å². The van der Waals surface area contributed by atoms with Crippen molar-refractivity contribution in [2.75, 3.05) is 39.8 Å². The van der Waals surface area contributed by atoms with Crippen LogP contribution in [0.5, 0.6) is 0 Å². The fourth-order valence-electron chi connectivity index (χ4n) is 3.49. The SMILES string of the molecule is CN1CCN(CC(=O)N2C[C@H](CC(=O)O)[C@H](c3cn(C)nn3)C2)C1=O. The molecule has 2 aliphatic rings. The average Bonchev–Trinajstić information content (AvgIpc) is 3.22. The highest BCUT2D eigenvalue weighted by atomic mass is 16.4. The summed E-state index contributed by atoms with van der Waals surface area (Å²) in [5, 5.41) is 17.1. The molecule has 10 nitrogen and oxygen atoms in total. The van der Waals surface area contributed by atoms with Gasteiger partial charge in [0.25, 0.3) is 0 Å². The van der Waals surface area contributed by atoms with Gasteiger partial charge in [0.1, 0.15) is 6.54 Å². The van der Waals surface area contributed by atoms with Crippen molar-refractivity contribution in [1.82, 2.24) is 29.7 Å². The van der Waals surface area contributed by atoms with Gasteiger partial charge in [0.05, 0.1) is 12.1 Å². The van der Waals surface area contributed by atoms with E-state index in [1.165, 1.54) is 4.90 Å². The van der Waals surface area contributed by atoms with E-state index in [0.717, 1.165) is 0 Å². The Labute approximate surface area is 145 Å². The highest BCUT2D eigenvalue weighted by Gasteiger charge is 2.39. The maximum Gasteiger partial charge on any atom is 0.320 e. The molecule has 0 spiro atoms. The van der Waals surface area contributed by atoms with Crippen molar-refractivity contribution in [2.24, 2.45) is 13.0 Å². The first-order valence-corrected chi connectivity index (χ1v) is 8.21. The number of aromatic nitrogens is 3. The summed E-state index contributed by atoms with van der Waals surface area (Å²) in [6, 6.07) is -0.153. The fraction of sp³-hybridized carbons (Fsp3) is 0.667. The number of rotatable bonds is 5. The zero-order valence-electron chi connectivity index (χ0n) is 14.3. The smallest absolute Gasteiger partial charge is 0.320 e. The third-order valence-corrected chi connectivity index (χ3v) is 4.86. The molecular weight excluding hydrogens is 328 g/mol. The van der Waals surface area contributed by atoms with E-state index in [2.05, 4.69) is 10.3 Å². The van der Waals surface area contributed by atoms with E-state index < -0.39 is 5.97 Å². The first-order chi connectivity index (χ1) is 11.8. The number of urea groups is 1. The van der Waals surface area contributed by atoms with E-state index in [1.54, 1.807) is 34.8 Å². The number of hydrogen-bond donors (Lipinski definition) is 1. The molecule has 25 heavy (non-hydrogen) atoms. The number of carbonyl (C=O) groups excluding carboxylic acids is 2. The maximum atomic E-state index is 12.6.